The first-order valence-electron chi connectivity index (χ1n) is 9.44. The van der Waals surface area contributed by atoms with Crippen LogP contribution in [0.3, 0.4) is 0 Å². The maximum absolute atomic E-state index is 9.58. The van der Waals surface area contributed by atoms with Crippen molar-refractivity contribution < 1.29 is 14.3 Å². The van der Waals surface area contributed by atoms with Gasteiger partial charge in [-0.2, -0.15) is 0 Å². The molecule has 7 heteroatoms. The number of fused-ring (bicyclic) bond motifs is 1. The van der Waals surface area contributed by atoms with Crippen molar-refractivity contribution in [2.45, 2.75) is 44.8 Å². The fourth-order valence-electron chi connectivity index (χ4n) is 3.43. The van der Waals surface area contributed by atoms with E-state index in [9.17, 15) is 5.11 Å². The molecule has 3 N–H and O–H groups in total. The van der Waals surface area contributed by atoms with E-state index in [0.29, 0.717) is 24.1 Å². The lowest BCUT2D eigenvalue weighted by Gasteiger charge is -2.33. The number of aromatic nitrogens is 3. The van der Waals surface area contributed by atoms with Crippen LogP contribution in [0.15, 0.2) is 40.9 Å². The molecule has 1 atom stereocenters. The lowest BCUT2D eigenvalue weighted by atomic mass is 9.78. The van der Waals surface area contributed by atoms with Crippen LogP contribution in [-0.4, -0.2) is 38.5 Å². The highest BCUT2D eigenvalue weighted by Gasteiger charge is 2.30. The van der Waals surface area contributed by atoms with E-state index in [1.54, 1.807) is 12.3 Å². The number of hydrogen-bond donors (Lipinski definition) is 2. The molecular weight excluding hydrogens is 356 g/mol. The Morgan fingerprint density at radius 1 is 1.14 bits per heavy atom. The van der Waals surface area contributed by atoms with Crippen LogP contribution in [0.5, 0.6) is 5.88 Å². The maximum Gasteiger partial charge on any atom is 0.249 e. The Morgan fingerprint density at radius 2 is 1.89 bits per heavy atom. The van der Waals surface area contributed by atoms with Gasteiger partial charge in [-0.05, 0) is 62.4 Å². The number of benzene rings is 1. The highest BCUT2D eigenvalue weighted by atomic mass is 16.5. The summed E-state index contributed by atoms with van der Waals surface area (Å²) in [6, 6.07) is 9.72. The van der Waals surface area contributed by atoms with E-state index in [1.165, 1.54) is 5.56 Å². The van der Waals surface area contributed by atoms with E-state index in [1.807, 2.05) is 32.0 Å². The van der Waals surface area contributed by atoms with E-state index in [-0.39, 0.29) is 12.7 Å². The number of rotatable bonds is 5. The standard InChI is InChI=1S/C21H24N4O3/c1-13(2)27-18-6-5-16(11-23-18)20-25-24-19(28-20)15-4-3-14-7-8-21(22,12-26)10-17(14)9-15/h3-6,9,11,13,26H,7-8,10,12,22H2,1-2H3. The van der Waals surface area contributed by atoms with E-state index >= 15 is 0 Å². The number of ether oxygens (including phenoxy) is 1. The van der Waals surface area contributed by atoms with Gasteiger partial charge in [-0.25, -0.2) is 4.98 Å². The number of aliphatic hydroxyl groups is 1. The predicted octanol–water partition coefficient (Wildman–Crippen LogP) is 2.76. The zero-order chi connectivity index (χ0) is 19.7. The average molecular weight is 380 g/mol. The summed E-state index contributed by atoms with van der Waals surface area (Å²) in [4.78, 5) is 4.27. The van der Waals surface area contributed by atoms with Crippen LogP contribution >= 0.6 is 0 Å². The minimum absolute atomic E-state index is 0.0229. The molecule has 0 amide bonds. The molecule has 146 valence electrons. The minimum Gasteiger partial charge on any atom is -0.475 e. The van der Waals surface area contributed by atoms with Crippen molar-refractivity contribution in [1.29, 1.82) is 0 Å². The normalized spacial score (nSPS) is 18.9. The summed E-state index contributed by atoms with van der Waals surface area (Å²) in [6.45, 7) is 3.88. The third kappa shape index (κ3) is 3.76. The Labute approximate surface area is 163 Å². The summed E-state index contributed by atoms with van der Waals surface area (Å²) >= 11 is 0. The molecule has 3 aromatic rings. The zero-order valence-electron chi connectivity index (χ0n) is 16.1. The molecule has 7 nitrogen and oxygen atoms in total. The van der Waals surface area contributed by atoms with Crippen molar-refractivity contribution in [1.82, 2.24) is 15.2 Å². The predicted molar refractivity (Wildman–Crippen MR) is 105 cm³/mol. The molecular formula is C21H24N4O3. The molecule has 1 aliphatic carbocycles. The summed E-state index contributed by atoms with van der Waals surface area (Å²) < 4.78 is 11.4. The SMILES string of the molecule is CC(C)Oc1ccc(-c2nnc(-c3ccc4c(c3)CC(N)(CO)CC4)o2)cn1. The summed E-state index contributed by atoms with van der Waals surface area (Å²) in [5.74, 6) is 1.40. The molecule has 28 heavy (non-hydrogen) atoms. The second-order valence-electron chi connectivity index (χ2n) is 7.64. The van der Waals surface area contributed by atoms with Gasteiger partial charge in [0.05, 0.1) is 18.3 Å². The Balaban J connectivity index is 1.57. The van der Waals surface area contributed by atoms with Crippen LogP contribution in [0.2, 0.25) is 0 Å². The molecule has 0 saturated carbocycles. The van der Waals surface area contributed by atoms with Gasteiger partial charge in [0, 0.05) is 23.4 Å². The van der Waals surface area contributed by atoms with Crippen LogP contribution < -0.4 is 10.5 Å². The summed E-state index contributed by atoms with van der Waals surface area (Å²) in [5.41, 5.74) is 9.65. The Bertz CT molecular complexity index is 968. The van der Waals surface area contributed by atoms with Crippen molar-refractivity contribution in [3.63, 3.8) is 0 Å². The van der Waals surface area contributed by atoms with Crippen LogP contribution in [0.1, 0.15) is 31.4 Å². The lowest BCUT2D eigenvalue weighted by molar-refractivity contribution is 0.181. The Kier molecular flexibility index (Phi) is 4.87. The molecule has 0 radical (unpaired) electrons. The highest BCUT2D eigenvalue weighted by Crippen LogP contribution is 2.31. The third-order valence-electron chi connectivity index (χ3n) is 4.97. The largest absolute Gasteiger partial charge is 0.475 e. The number of aryl methyl sites for hydroxylation is 1. The van der Waals surface area contributed by atoms with Gasteiger partial charge in [0.1, 0.15) is 0 Å². The Morgan fingerprint density at radius 3 is 2.57 bits per heavy atom. The number of aliphatic hydroxyl groups excluding tert-OH is 1. The van der Waals surface area contributed by atoms with Gasteiger partial charge in [-0.1, -0.05) is 6.07 Å². The van der Waals surface area contributed by atoms with Crippen molar-refractivity contribution in [3.05, 3.63) is 47.7 Å². The molecule has 0 spiro atoms. The van der Waals surface area contributed by atoms with Crippen LogP contribution in [0.4, 0.5) is 0 Å². The number of pyridine rings is 1. The van der Waals surface area contributed by atoms with E-state index in [4.69, 9.17) is 14.9 Å². The van der Waals surface area contributed by atoms with Gasteiger partial charge in [0.2, 0.25) is 17.7 Å². The second-order valence-corrected chi connectivity index (χ2v) is 7.64. The smallest absolute Gasteiger partial charge is 0.249 e. The summed E-state index contributed by atoms with van der Waals surface area (Å²) in [6.07, 6.45) is 4.00. The van der Waals surface area contributed by atoms with Crippen molar-refractivity contribution in [2.75, 3.05) is 6.61 Å². The van der Waals surface area contributed by atoms with Gasteiger partial charge in [-0.3, -0.25) is 0 Å². The zero-order valence-corrected chi connectivity index (χ0v) is 16.1. The molecule has 2 heterocycles. The van der Waals surface area contributed by atoms with Crippen molar-refractivity contribution in [2.24, 2.45) is 5.73 Å². The van der Waals surface area contributed by atoms with Crippen molar-refractivity contribution >= 4 is 0 Å². The van der Waals surface area contributed by atoms with E-state index in [0.717, 1.165) is 29.5 Å². The van der Waals surface area contributed by atoms with E-state index < -0.39 is 5.54 Å². The van der Waals surface area contributed by atoms with Crippen LogP contribution in [-0.2, 0) is 12.8 Å². The number of nitrogens with two attached hydrogens (primary N) is 1. The minimum atomic E-state index is -0.558. The number of hydrogen-bond acceptors (Lipinski definition) is 7. The molecule has 0 bridgehead atoms. The molecule has 4 rings (SSSR count). The van der Waals surface area contributed by atoms with Gasteiger partial charge in [0.25, 0.3) is 0 Å². The van der Waals surface area contributed by atoms with E-state index in [2.05, 4.69) is 21.2 Å². The topological polar surface area (TPSA) is 107 Å². The summed E-state index contributed by atoms with van der Waals surface area (Å²) in [5, 5.41) is 17.9. The number of nitrogens with zero attached hydrogens (tertiary/aromatic N) is 3. The lowest BCUT2D eigenvalue weighted by Crippen LogP contribution is -2.48. The van der Waals surface area contributed by atoms with Crippen LogP contribution in [0, 0.1) is 0 Å². The summed E-state index contributed by atoms with van der Waals surface area (Å²) in [7, 11) is 0. The van der Waals surface area contributed by atoms with Crippen LogP contribution in [0.25, 0.3) is 22.9 Å². The van der Waals surface area contributed by atoms with Gasteiger partial charge < -0.3 is 20.0 Å². The maximum atomic E-state index is 9.58. The molecule has 1 aromatic carbocycles. The molecule has 0 aliphatic heterocycles. The average Bonchev–Trinajstić information content (AvgIpc) is 3.18. The molecule has 0 fully saturated rings. The molecule has 1 unspecified atom stereocenters. The first-order chi connectivity index (χ1) is 13.5. The quantitative estimate of drug-likeness (QED) is 0.701. The van der Waals surface area contributed by atoms with Gasteiger partial charge >= 0.3 is 0 Å². The Hall–Kier alpha value is -2.77. The first kappa shape index (κ1) is 18.6. The molecule has 2 aromatic heterocycles. The third-order valence-corrected chi connectivity index (χ3v) is 4.97. The molecule has 0 saturated heterocycles. The van der Waals surface area contributed by atoms with Gasteiger partial charge in [-0.15, -0.1) is 10.2 Å². The second kappa shape index (κ2) is 7.33. The first-order valence-corrected chi connectivity index (χ1v) is 9.44. The monoisotopic (exact) mass is 380 g/mol. The van der Waals surface area contributed by atoms with Gasteiger partial charge in [0.15, 0.2) is 0 Å². The highest BCUT2D eigenvalue weighted by molar-refractivity contribution is 5.59. The fraction of sp³-hybridized carbons (Fsp3) is 0.381. The van der Waals surface area contributed by atoms with Crippen molar-refractivity contribution in [3.8, 4) is 28.8 Å². The fourth-order valence-corrected chi connectivity index (χ4v) is 3.43. The molecule has 1 aliphatic rings.